The van der Waals surface area contributed by atoms with E-state index in [1.165, 1.54) is 16.9 Å². The molecule has 0 fully saturated rings. The Morgan fingerprint density at radius 3 is 3.00 bits per heavy atom. The van der Waals surface area contributed by atoms with Crippen molar-refractivity contribution in [3.8, 4) is 6.07 Å². The third kappa shape index (κ3) is 0.919. The molecule has 2 nitrogen and oxygen atoms in total. The summed E-state index contributed by atoms with van der Waals surface area (Å²) in [4.78, 5) is 1.41. The van der Waals surface area contributed by atoms with Crippen molar-refractivity contribution in [3.63, 3.8) is 0 Å². The molecule has 1 aliphatic carbocycles. The summed E-state index contributed by atoms with van der Waals surface area (Å²) in [5.41, 5.74) is 2.18. The molecule has 0 atom stereocenters. The van der Waals surface area contributed by atoms with Crippen LogP contribution in [-0.2, 0) is 12.8 Å². The van der Waals surface area contributed by atoms with Gasteiger partial charge in [0.15, 0.2) is 0 Å². The lowest BCUT2D eigenvalue weighted by Gasteiger charge is -1.95. The number of nitriles is 1. The van der Waals surface area contributed by atoms with Crippen LogP contribution in [-0.4, -0.2) is 7.05 Å². The lowest BCUT2D eigenvalue weighted by atomic mass is 10.1. The van der Waals surface area contributed by atoms with Gasteiger partial charge in [-0.05, 0) is 24.8 Å². The van der Waals surface area contributed by atoms with Crippen molar-refractivity contribution in [2.45, 2.75) is 19.3 Å². The van der Waals surface area contributed by atoms with Crippen molar-refractivity contribution in [1.82, 2.24) is 0 Å². The van der Waals surface area contributed by atoms with E-state index in [0.717, 1.165) is 23.4 Å². The number of nitrogens with one attached hydrogen (secondary N) is 1. The number of hydrogen-bond donors (Lipinski definition) is 1. The zero-order valence-electron chi connectivity index (χ0n) is 6.98. The van der Waals surface area contributed by atoms with Crippen LogP contribution in [0.2, 0.25) is 0 Å². The molecular weight excluding hydrogens is 168 g/mol. The third-order valence-corrected chi connectivity index (χ3v) is 3.57. The van der Waals surface area contributed by atoms with E-state index in [2.05, 4.69) is 11.4 Å². The van der Waals surface area contributed by atoms with Crippen molar-refractivity contribution in [3.05, 3.63) is 16.0 Å². The fourth-order valence-corrected chi connectivity index (χ4v) is 2.89. The monoisotopic (exact) mass is 178 g/mol. The molecule has 1 N–H and O–H groups in total. The largest absolute Gasteiger partial charge is 0.379 e. The van der Waals surface area contributed by atoms with Crippen molar-refractivity contribution < 1.29 is 0 Å². The number of fused-ring (bicyclic) bond motifs is 1. The minimum Gasteiger partial charge on any atom is -0.379 e. The first-order valence-corrected chi connectivity index (χ1v) is 4.91. The van der Waals surface area contributed by atoms with Gasteiger partial charge in [0, 0.05) is 11.9 Å². The summed E-state index contributed by atoms with van der Waals surface area (Å²) in [6.45, 7) is 0. The molecule has 1 aliphatic rings. The summed E-state index contributed by atoms with van der Waals surface area (Å²) in [5, 5.41) is 13.0. The molecule has 0 saturated heterocycles. The highest BCUT2D eigenvalue weighted by molar-refractivity contribution is 7.16. The number of aryl methyl sites for hydroxylation is 1. The average Bonchev–Trinajstić information content (AvgIpc) is 2.61. The highest BCUT2D eigenvalue weighted by Crippen LogP contribution is 2.37. The Morgan fingerprint density at radius 1 is 1.50 bits per heavy atom. The summed E-state index contributed by atoms with van der Waals surface area (Å²) >= 11 is 1.74. The Morgan fingerprint density at radius 2 is 2.33 bits per heavy atom. The van der Waals surface area contributed by atoms with Crippen LogP contribution in [0.4, 0.5) is 5.00 Å². The van der Waals surface area contributed by atoms with E-state index in [9.17, 15) is 0 Å². The van der Waals surface area contributed by atoms with Crippen LogP contribution in [0.25, 0.3) is 0 Å². The van der Waals surface area contributed by atoms with Gasteiger partial charge in [-0.1, -0.05) is 0 Å². The van der Waals surface area contributed by atoms with E-state index in [4.69, 9.17) is 5.26 Å². The van der Waals surface area contributed by atoms with Gasteiger partial charge in [0.05, 0.1) is 5.56 Å². The summed E-state index contributed by atoms with van der Waals surface area (Å²) < 4.78 is 0. The minimum absolute atomic E-state index is 0.884. The molecule has 0 saturated carbocycles. The van der Waals surface area contributed by atoms with Crippen LogP contribution in [0.5, 0.6) is 0 Å². The lowest BCUT2D eigenvalue weighted by molar-refractivity contribution is 0.913. The highest BCUT2D eigenvalue weighted by Gasteiger charge is 2.20. The second-order valence-electron chi connectivity index (χ2n) is 2.92. The zero-order valence-corrected chi connectivity index (χ0v) is 7.79. The zero-order chi connectivity index (χ0) is 8.55. The van der Waals surface area contributed by atoms with Crippen molar-refractivity contribution in [2.75, 3.05) is 12.4 Å². The number of anilines is 1. The lowest BCUT2D eigenvalue weighted by Crippen LogP contribution is -1.88. The van der Waals surface area contributed by atoms with E-state index in [1.807, 2.05) is 7.05 Å². The number of nitrogens with zero attached hydrogens (tertiary/aromatic N) is 1. The van der Waals surface area contributed by atoms with Gasteiger partial charge in [0.2, 0.25) is 0 Å². The second kappa shape index (κ2) is 2.80. The van der Waals surface area contributed by atoms with Gasteiger partial charge in [0.1, 0.15) is 11.1 Å². The van der Waals surface area contributed by atoms with Crippen LogP contribution in [0.3, 0.4) is 0 Å². The highest BCUT2D eigenvalue weighted by atomic mass is 32.1. The Hall–Kier alpha value is -1.01. The maximum absolute atomic E-state index is 8.92. The Labute approximate surface area is 75.8 Å². The van der Waals surface area contributed by atoms with E-state index in [0.29, 0.717) is 0 Å². The number of hydrogen-bond acceptors (Lipinski definition) is 3. The fourth-order valence-electron chi connectivity index (χ4n) is 1.70. The number of rotatable bonds is 1. The molecule has 0 amide bonds. The molecule has 1 aromatic rings. The first kappa shape index (κ1) is 7.63. The normalized spacial score (nSPS) is 14.0. The molecule has 0 bridgehead atoms. The van der Waals surface area contributed by atoms with Gasteiger partial charge in [-0.3, -0.25) is 0 Å². The molecule has 3 heteroatoms. The molecular formula is C9H10N2S. The molecule has 0 aliphatic heterocycles. The standard InChI is InChI=1S/C9H10N2S/c1-11-9-7(5-10)6-3-2-4-8(6)12-9/h11H,2-4H2,1H3. The van der Waals surface area contributed by atoms with Crippen molar-refractivity contribution >= 4 is 16.3 Å². The van der Waals surface area contributed by atoms with Gasteiger partial charge in [-0.15, -0.1) is 11.3 Å². The maximum atomic E-state index is 8.92. The van der Waals surface area contributed by atoms with Gasteiger partial charge in [0.25, 0.3) is 0 Å². The molecule has 1 aromatic heterocycles. The fraction of sp³-hybridized carbons (Fsp3) is 0.444. The SMILES string of the molecule is CNc1sc2c(c1C#N)CCC2. The Balaban J connectivity index is 2.56. The van der Waals surface area contributed by atoms with Crippen LogP contribution < -0.4 is 5.32 Å². The molecule has 0 aromatic carbocycles. The van der Waals surface area contributed by atoms with Gasteiger partial charge >= 0.3 is 0 Å². The topological polar surface area (TPSA) is 35.8 Å². The number of thiophene rings is 1. The molecule has 0 radical (unpaired) electrons. The first-order chi connectivity index (χ1) is 5.86. The summed E-state index contributed by atoms with van der Waals surface area (Å²) in [7, 11) is 1.88. The van der Waals surface area contributed by atoms with Crippen LogP contribution in [0.1, 0.15) is 22.4 Å². The smallest absolute Gasteiger partial charge is 0.107 e. The summed E-state index contributed by atoms with van der Waals surface area (Å²) in [5.74, 6) is 0. The summed E-state index contributed by atoms with van der Waals surface area (Å²) in [6, 6.07) is 2.27. The molecule has 0 unspecified atom stereocenters. The maximum Gasteiger partial charge on any atom is 0.107 e. The average molecular weight is 178 g/mol. The van der Waals surface area contributed by atoms with Crippen LogP contribution in [0, 0.1) is 11.3 Å². The predicted octanol–water partition coefficient (Wildman–Crippen LogP) is 2.15. The molecule has 1 heterocycles. The van der Waals surface area contributed by atoms with Crippen molar-refractivity contribution in [2.24, 2.45) is 0 Å². The second-order valence-corrected chi connectivity index (χ2v) is 4.03. The van der Waals surface area contributed by atoms with Gasteiger partial charge < -0.3 is 5.32 Å². The Kier molecular flexibility index (Phi) is 1.78. The minimum atomic E-state index is 0.884. The van der Waals surface area contributed by atoms with Gasteiger partial charge in [-0.25, -0.2) is 0 Å². The van der Waals surface area contributed by atoms with E-state index in [-0.39, 0.29) is 0 Å². The van der Waals surface area contributed by atoms with Crippen molar-refractivity contribution in [1.29, 1.82) is 5.26 Å². The van der Waals surface area contributed by atoms with Crippen LogP contribution >= 0.6 is 11.3 Å². The quantitative estimate of drug-likeness (QED) is 0.715. The van der Waals surface area contributed by atoms with Crippen LogP contribution in [0.15, 0.2) is 0 Å². The van der Waals surface area contributed by atoms with Gasteiger partial charge in [-0.2, -0.15) is 5.26 Å². The molecule has 2 rings (SSSR count). The predicted molar refractivity (Wildman–Crippen MR) is 50.6 cm³/mol. The van der Waals surface area contributed by atoms with E-state index >= 15 is 0 Å². The van der Waals surface area contributed by atoms with E-state index in [1.54, 1.807) is 11.3 Å². The first-order valence-electron chi connectivity index (χ1n) is 4.09. The Bertz CT molecular complexity index is 346. The third-order valence-electron chi connectivity index (χ3n) is 2.26. The molecule has 12 heavy (non-hydrogen) atoms. The summed E-state index contributed by atoms with van der Waals surface area (Å²) in [6.07, 6.45) is 3.48. The molecule has 0 spiro atoms. The van der Waals surface area contributed by atoms with E-state index < -0.39 is 0 Å². The molecule has 62 valence electrons.